The van der Waals surface area contributed by atoms with E-state index in [9.17, 15) is 8.78 Å². The summed E-state index contributed by atoms with van der Waals surface area (Å²) in [6.45, 7) is 5.15. The second-order valence-corrected chi connectivity index (χ2v) is 7.73. The van der Waals surface area contributed by atoms with Crippen molar-refractivity contribution < 1.29 is 8.78 Å². The maximum Gasteiger partial charge on any atom is 0.281 e. The van der Waals surface area contributed by atoms with Crippen LogP contribution in [0.1, 0.15) is 19.7 Å². The van der Waals surface area contributed by atoms with Crippen LogP contribution in [0.15, 0.2) is 46.6 Å². The molecule has 4 heterocycles. The van der Waals surface area contributed by atoms with Gasteiger partial charge in [-0.05, 0) is 19.9 Å². The van der Waals surface area contributed by atoms with E-state index in [-0.39, 0.29) is 23.9 Å². The maximum atomic E-state index is 13.1. The van der Waals surface area contributed by atoms with Crippen molar-refractivity contribution in [1.29, 1.82) is 5.41 Å². The van der Waals surface area contributed by atoms with Crippen LogP contribution in [0.5, 0.6) is 0 Å². The Kier molecular flexibility index (Phi) is 5.68. The van der Waals surface area contributed by atoms with Gasteiger partial charge in [0, 0.05) is 61.4 Å². The van der Waals surface area contributed by atoms with Gasteiger partial charge < -0.3 is 31.6 Å². The largest absolute Gasteiger partial charge is 0.402 e. The number of piperazine rings is 1. The van der Waals surface area contributed by atoms with Crippen LogP contribution >= 0.6 is 0 Å². The number of halogens is 2. The van der Waals surface area contributed by atoms with Gasteiger partial charge in [-0.25, -0.2) is 18.7 Å². The number of allylic oxidation sites excluding steroid dienone is 2. The molecule has 0 bridgehead atoms. The van der Waals surface area contributed by atoms with Crippen molar-refractivity contribution in [3.05, 3.63) is 47.5 Å². The SMILES string of the molecule is C/C(N)=C(/C=N)C1CN(c2ccnc(C3=CNC4C=NC(C(F)F)=CN34)n2)CC(C)N1. The molecule has 4 rings (SSSR count). The highest BCUT2D eigenvalue weighted by molar-refractivity contribution is 5.79. The predicted octanol–water partition coefficient (Wildman–Crippen LogP) is 1.25. The topological polar surface area (TPSA) is 119 Å². The van der Waals surface area contributed by atoms with Gasteiger partial charge in [-0.2, -0.15) is 0 Å². The Labute approximate surface area is 178 Å². The third kappa shape index (κ3) is 4.13. The quantitative estimate of drug-likeness (QED) is 0.520. The molecule has 5 N–H and O–H groups in total. The molecule has 1 fully saturated rings. The second kappa shape index (κ2) is 8.42. The fourth-order valence-corrected chi connectivity index (χ4v) is 3.95. The van der Waals surface area contributed by atoms with Gasteiger partial charge >= 0.3 is 0 Å². The van der Waals surface area contributed by atoms with Gasteiger partial charge in [0.2, 0.25) is 0 Å². The highest BCUT2D eigenvalue weighted by Gasteiger charge is 2.32. The van der Waals surface area contributed by atoms with Gasteiger partial charge in [-0.15, -0.1) is 0 Å². The monoisotopic (exact) mass is 429 g/mol. The summed E-state index contributed by atoms with van der Waals surface area (Å²) in [5.74, 6) is 1.14. The molecule has 0 amide bonds. The number of fused-ring (bicyclic) bond motifs is 1. The fraction of sp³-hybridized carbons (Fsp3) is 0.400. The first kappa shape index (κ1) is 20.9. The van der Waals surface area contributed by atoms with E-state index in [1.54, 1.807) is 24.2 Å². The summed E-state index contributed by atoms with van der Waals surface area (Å²) in [7, 11) is 0. The van der Waals surface area contributed by atoms with Gasteiger partial charge in [-0.1, -0.05) is 0 Å². The fourth-order valence-electron chi connectivity index (χ4n) is 3.95. The average Bonchev–Trinajstić information content (AvgIpc) is 3.17. The molecule has 0 aromatic carbocycles. The first-order valence-corrected chi connectivity index (χ1v) is 9.97. The molecule has 31 heavy (non-hydrogen) atoms. The molecule has 3 atom stereocenters. The van der Waals surface area contributed by atoms with Gasteiger partial charge in [0.05, 0.1) is 6.04 Å². The van der Waals surface area contributed by atoms with Crippen LogP contribution in [-0.4, -0.2) is 65.1 Å². The zero-order chi connectivity index (χ0) is 22.1. The standard InChI is InChI=1S/C20H25F2N9/c1-11-8-30(9-14(28-11)13(5-23)12(2)24)17-3-4-25-20(29-17)16-6-27-18-7-26-15(19(21)22)10-31(16)18/h3-7,10-11,14,18-19,23,27-28H,8-9,24H2,1-2H3/b13-12+,23-5?. The van der Waals surface area contributed by atoms with Crippen LogP contribution in [0, 0.1) is 5.41 Å². The van der Waals surface area contributed by atoms with Gasteiger partial charge in [0.15, 0.2) is 5.82 Å². The van der Waals surface area contributed by atoms with E-state index >= 15 is 0 Å². The minimum Gasteiger partial charge on any atom is -0.402 e. The molecule has 0 spiro atoms. The first-order valence-electron chi connectivity index (χ1n) is 9.97. The minimum atomic E-state index is -2.66. The summed E-state index contributed by atoms with van der Waals surface area (Å²) in [6, 6.07) is 1.87. The molecule has 3 unspecified atom stereocenters. The van der Waals surface area contributed by atoms with E-state index < -0.39 is 6.43 Å². The molecule has 3 aliphatic heterocycles. The molecule has 0 aliphatic carbocycles. The Morgan fingerprint density at radius 1 is 1.39 bits per heavy atom. The molecule has 1 saturated heterocycles. The molecular weight excluding hydrogens is 404 g/mol. The Bertz CT molecular complexity index is 981. The summed E-state index contributed by atoms with van der Waals surface area (Å²) >= 11 is 0. The molecular formula is C20H25F2N9. The second-order valence-electron chi connectivity index (χ2n) is 7.73. The number of alkyl halides is 2. The Hall–Kier alpha value is -3.34. The van der Waals surface area contributed by atoms with Crippen LogP contribution in [-0.2, 0) is 0 Å². The van der Waals surface area contributed by atoms with Crippen molar-refractivity contribution in [3.63, 3.8) is 0 Å². The summed E-state index contributed by atoms with van der Waals surface area (Å²) < 4.78 is 26.2. The zero-order valence-electron chi connectivity index (χ0n) is 17.3. The Morgan fingerprint density at radius 2 is 2.19 bits per heavy atom. The van der Waals surface area contributed by atoms with E-state index in [2.05, 4.69) is 32.4 Å². The number of nitrogens with two attached hydrogens (primary N) is 1. The van der Waals surface area contributed by atoms with Crippen molar-refractivity contribution in [3.8, 4) is 0 Å². The summed E-state index contributed by atoms with van der Waals surface area (Å²) in [5, 5.41) is 14.3. The van der Waals surface area contributed by atoms with E-state index in [0.29, 0.717) is 30.3 Å². The lowest BCUT2D eigenvalue weighted by Gasteiger charge is -2.39. The van der Waals surface area contributed by atoms with Crippen molar-refractivity contribution in [1.82, 2.24) is 25.5 Å². The average molecular weight is 429 g/mol. The highest BCUT2D eigenvalue weighted by atomic mass is 19.3. The molecule has 1 aromatic heterocycles. The van der Waals surface area contributed by atoms with Gasteiger partial charge in [-0.3, -0.25) is 4.99 Å². The van der Waals surface area contributed by atoms with Crippen molar-refractivity contribution in [2.75, 3.05) is 18.0 Å². The summed E-state index contributed by atoms with van der Waals surface area (Å²) in [4.78, 5) is 16.7. The van der Waals surface area contributed by atoms with Crippen LogP contribution in [0.4, 0.5) is 14.6 Å². The maximum absolute atomic E-state index is 13.1. The highest BCUT2D eigenvalue weighted by Crippen LogP contribution is 2.28. The van der Waals surface area contributed by atoms with Crippen LogP contribution in [0.2, 0.25) is 0 Å². The number of aromatic nitrogens is 2. The summed E-state index contributed by atoms with van der Waals surface area (Å²) in [5.41, 5.74) is 7.60. The number of aliphatic imine (C=N–C) groups is 1. The van der Waals surface area contributed by atoms with E-state index in [1.165, 1.54) is 18.6 Å². The van der Waals surface area contributed by atoms with Crippen LogP contribution in [0.25, 0.3) is 5.70 Å². The number of nitrogens with zero attached hydrogens (tertiary/aromatic N) is 5. The lowest BCUT2D eigenvalue weighted by molar-refractivity contribution is 0.184. The Balaban J connectivity index is 1.60. The first-order chi connectivity index (χ1) is 14.9. The molecule has 3 aliphatic rings. The molecule has 11 heteroatoms. The third-order valence-electron chi connectivity index (χ3n) is 5.39. The smallest absolute Gasteiger partial charge is 0.281 e. The zero-order valence-corrected chi connectivity index (χ0v) is 17.3. The normalized spacial score (nSPS) is 26.2. The van der Waals surface area contributed by atoms with Gasteiger partial charge in [0.1, 0.15) is 23.4 Å². The molecule has 0 saturated carbocycles. The van der Waals surface area contributed by atoms with E-state index in [4.69, 9.17) is 16.1 Å². The number of anilines is 1. The van der Waals surface area contributed by atoms with E-state index in [1.807, 2.05) is 6.07 Å². The minimum absolute atomic E-state index is 0.101. The third-order valence-corrected chi connectivity index (χ3v) is 5.39. The lowest BCUT2D eigenvalue weighted by atomic mass is 10.0. The van der Waals surface area contributed by atoms with E-state index in [0.717, 1.165) is 11.4 Å². The lowest BCUT2D eigenvalue weighted by Crippen LogP contribution is -2.57. The van der Waals surface area contributed by atoms with Crippen LogP contribution < -0.4 is 21.3 Å². The molecule has 9 nitrogen and oxygen atoms in total. The Morgan fingerprint density at radius 3 is 2.90 bits per heavy atom. The number of hydrogen-bond donors (Lipinski definition) is 4. The van der Waals surface area contributed by atoms with Crippen molar-refractivity contribution in [2.24, 2.45) is 10.7 Å². The van der Waals surface area contributed by atoms with Crippen molar-refractivity contribution in [2.45, 2.75) is 38.5 Å². The number of hydrogen-bond acceptors (Lipinski definition) is 9. The number of rotatable bonds is 5. The van der Waals surface area contributed by atoms with Gasteiger partial charge in [0.25, 0.3) is 6.43 Å². The molecule has 0 radical (unpaired) electrons. The molecule has 164 valence electrons. The summed E-state index contributed by atoms with van der Waals surface area (Å²) in [6.07, 6.45) is 4.41. The number of nitrogens with one attached hydrogen (secondary N) is 3. The predicted molar refractivity (Wildman–Crippen MR) is 116 cm³/mol. The van der Waals surface area contributed by atoms with Crippen molar-refractivity contribution >= 4 is 23.9 Å². The molecule has 1 aromatic rings. The van der Waals surface area contributed by atoms with Crippen LogP contribution in [0.3, 0.4) is 0 Å².